The first-order valence-electron chi connectivity index (χ1n) is 4.80. The first kappa shape index (κ1) is 11.7. The van der Waals surface area contributed by atoms with Gasteiger partial charge in [-0.3, -0.25) is 0 Å². The van der Waals surface area contributed by atoms with Crippen LogP contribution >= 0.6 is 0 Å². The van der Waals surface area contributed by atoms with Gasteiger partial charge in [0, 0.05) is 0 Å². The van der Waals surface area contributed by atoms with Crippen LogP contribution in [0, 0.1) is 22.7 Å². The van der Waals surface area contributed by atoms with Gasteiger partial charge in [-0.05, 0) is 6.92 Å². The number of ether oxygens (including phenoxy) is 1. The van der Waals surface area contributed by atoms with Crippen molar-refractivity contribution >= 4 is 12.2 Å². The van der Waals surface area contributed by atoms with Crippen LogP contribution in [0.1, 0.15) is 18.9 Å². The number of hydrogen-bond donors (Lipinski definition) is 0. The summed E-state index contributed by atoms with van der Waals surface area (Å²) in [5, 5.41) is 21.3. The summed E-state index contributed by atoms with van der Waals surface area (Å²) in [6.07, 6.45) is 3.03. The Morgan fingerprint density at radius 2 is 2.44 bits per heavy atom. The molecule has 6 nitrogen and oxygen atoms in total. The van der Waals surface area contributed by atoms with E-state index in [-0.39, 0.29) is 0 Å². The number of nitriles is 2. The van der Waals surface area contributed by atoms with Crippen molar-refractivity contribution in [2.24, 2.45) is 4.99 Å². The summed E-state index contributed by atoms with van der Waals surface area (Å²) in [4.78, 5) is 4.00. The molecule has 0 spiro atoms. The molecule has 16 heavy (non-hydrogen) atoms. The average molecular weight is 217 g/mol. The molecule has 1 heterocycles. The molecule has 0 amide bonds. The summed E-state index contributed by atoms with van der Waals surface area (Å²) in [6, 6.07) is 3.99. The number of aliphatic imine (C=N–C) groups is 1. The molecule has 1 aromatic heterocycles. The number of aromatic nitrogens is 2. The largest absolute Gasteiger partial charge is 0.483 e. The van der Waals surface area contributed by atoms with Crippen molar-refractivity contribution in [3.05, 3.63) is 11.8 Å². The second-order valence-corrected chi connectivity index (χ2v) is 2.81. The lowest BCUT2D eigenvalue weighted by atomic mass is 10.3. The highest BCUT2D eigenvalue weighted by molar-refractivity contribution is 5.58. The van der Waals surface area contributed by atoms with Crippen LogP contribution in [-0.4, -0.2) is 22.8 Å². The Labute approximate surface area is 93.4 Å². The van der Waals surface area contributed by atoms with Crippen LogP contribution in [0.4, 0.5) is 5.82 Å². The highest BCUT2D eigenvalue weighted by atomic mass is 16.5. The Kier molecular flexibility index (Phi) is 4.55. The van der Waals surface area contributed by atoms with E-state index in [1.54, 1.807) is 0 Å². The average Bonchev–Trinajstić information content (AvgIpc) is 2.69. The normalized spacial score (nSPS) is 9.94. The van der Waals surface area contributed by atoms with E-state index in [0.29, 0.717) is 31.0 Å². The van der Waals surface area contributed by atoms with Gasteiger partial charge in [0.05, 0.1) is 31.8 Å². The van der Waals surface area contributed by atoms with Crippen LogP contribution in [0.2, 0.25) is 0 Å². The van der Waals surface area contributed by atoms with Crippen molar-refractivity contribution in [2.45, 2.75) is 19.9 Å². The number of hydrogen-bond acceptors (Lipinski definition) is 5. The molecule has 82 valence electrons. The standard InChI is InChI=1S/C10H11N5O/c1-2-16-8-13-10-9(6-12)7-14-15(10)5-3-4-11/h7-8H,2-3,5H2,1H3. The maximum Gasteiger partial charge on any atom is 0.176 e. The van der Waals surface area contributed by atoms with Crippen LogP contribution in [0.15, 0.2) is 11.2 Å². The van der Waals surface area contributed by atoms with Crippen molar-refractivity contribution in [3.63, 3.8) is 0 Å². The van der Waals surface area contributed by atoms with Crippen LogP contribution in [0.3, 0.4) is 0 Å². The monoisotopic (exact) mass is 217 g/mol. The van der Waals surface area contributed by atoms with E-state index in [9.17, 15) is 0 Å². The van der Waals surface area contributed by atoms with Gasteiger partial charge in [0.1, 0.15) is 11.6 Å². The molecule has 0 atom stereocenters. The number of rotatable bonds is 5. The van der Waals surface area contributed by atoms with Gasteiger partial charge in [0.2, 0.25) is 0 Å². The van der Waals surface area contributed by atoms with E-state index < -0.39 is 0 Å². The molecule has 0 aromatic carbocycles. The Morgan fingerprint density at radius 3 is 3.06 bits per heavy atom. The zero-order valence-corrected chi connectivity index (χ0v) is 8.92. The van der Waals surface area contributed by atoms with E-state index in [0.717, 1.165) is 0 Å². The summed E-state index contributed by atoms with van der Waals surface area (Å²) in [5.41, 5.74) is 0.369. The van der Waals surface area contributed by atoms with Gasteiger partial charge in [-0.1, -0.05) is 0 Å². The molecule has 1 rings (SSSR count). The first-order valence-corrected chi connectivity index (χ1v) is 4.80. The van der Waals surface area contributed by atoms with E-state index in [1.807, 2.05) is 19.1 Å². The maximum atomic E-state index is 8.83. The lowest BCUT2D eigenvalue weighted by Crippen LogP contribution is -1.99. The molecule has 0 radical (unpaired) electrons. The molecule has 0 bridgehead atoms. The van der Waals surface area contributed by atoms with E-state index in [1.165, 1.54) is 17.3 Å². The Hall–Kier alpha value is -2.34. The molecule has 0 saturated carbocycles. The van der Waals surface area contributed by atoms with Crippen molar-refractivity contribution in [1.82, 2.24) is 9.78 Å². The fraction of sp³-hybridized carbons (Fsp3) is 0.400. The molecule has 0 aliphatic heterocycles. The second-order valence-electron chi connectivity index (χ2n) is 2.81. The minimum Gasteiger partial charge on any atom is -0.483 e. The Morgan fingerprint density at radius 1 is 1.62 bits per heavy atom. The minimum absolute atomic E-state index is 0.323. The topological polar surface area (TPSA) is 87.0 Å². The summed E-state index contributed by atoms with van der Waals surface area (Å²) < 4.78 is 6.47. The molecular formula is C10H11N5O. The SMILES string of the molecule is CCOC=Nc1c(C#N)cnn1CCC#N. The minimum atomic E-state index is 0.323. The third-order valence-corrected chi connectivity index (χ3v) is 1.78. The van der Waals surface area contributed by atoms with Crippen molar-refractivity contribution < 1.29 is 4.74 Å². The third-order valence-electron chi connectivity index (χ3n) is 1.78. The Bertz CT molecular complexity index is 449. The van der Waals surface area contributed by atoms with E-state index in [4.69, 9.17) is 15.3 Å². The van der Waals surface area contributed by atoms with Gasteiger partial charge >= 0.3 is 0 Å². The highest BCUT2D eigenvalue weighted by Crippen LogP contribution is 2.17. The quantitative estimate of drug-likeness (QED) is 0.550. The van der Waals surface area contributed by atoms with Gasteiger partial charge < -0.3 is 4.74 Å². The van der Waals surface area contributed by atoms with Crippen molar-refractivity contribution in [2.75, 3.05) is 6.61 Å². The van der Waals surface area contributed by atoms with E-state index in [2.05, 4.69) is 10.1 Å². The van der Waals surface area contributed by atoms with Crippen molar-refractivity contribution in [3.8, 4) is 12.1 Å². The van der Waals surface area contributed by atoms with E-state index >= 15 is 0 Å². The fourth-order valence-corrected chi connectivity index (χ4v) is 1.08. The molecular weight excluding hydrogens is 206 g/mol. The predicted molar refractivity (Wildman–Crippen MR) is 57.0 cm³/mol. The number of nitrogens with zero attached hydrogens (tertiary/aromatic N) is 5. The molecule has 0 aliphatic rings. The zero-order chi connectivity index (χ0) is 11.8. The van der Waals surface area contributed by atoms with Crippen LogP contribution in [0.5, 0.6) is 0 Å². The smallest absolute Gasteiger partial charge is 0.176 e. The molecule has 0 unspecified atom stereocenters. The predicted octanol–water partition coefficient (Wildman–Crippen LogP) is 1.36. The summed E-state index contributed by atoms with van der Waals surface area (Å²) in [6.45, 7) is 2.76. The summed E-state index contributed by atoms with van der Waals surface area (Å²) in [7, 11) is 0. The molecule has 0 aliphatic carbocycles. The lowest BCUT2D eigenvalue weighted by Gasteiger charge is -2.00. The van der Waals surface area contributed by atoms with Crippen LogP contribution < -0.4 is 0 Å². The Balaban J connectivity index is 2.89. The van der Waals surface area contributed by atoms with Crippen molar-refractivity contribution in [1.29, 1.82) is 10.5 Å². The molecule has 0 N–H and O–H groups in total. The molecule has 6 heteroatoms. The summed E-state index contributed by atoms with van der Waals surface area (Å²) >= 11 is 0. The zero-order valence-electron chi connectivity index (χ0n) is 8.92. The maximum absolute atomic E-state index is 8.83. The summed E-state index contributed by atoms with van der Waals surface area (Å²) in [5.74, 6) is 0.422. The highest BCUT2D eigenvalue weighted by Gasteiger charge is 2.08. The lowest BCUT2D eigenvalue weighted by molar-refractivity contribution is 0.343. The van der Waals surface area contributed by atoms with Gasteiger partial charge in [0.15, 0.2) is 12.2 Å². The van der Waals surface area contributed by atoms with Gasteiger partial charge in [-0.15, -0.1) is 0 Å². The second kappa shape index (κ2) is 6.20. The first-order chi connectivity index (χ1) is 7.83. The third kappa shape index (κ3) is 2.82. The van der Waals surface area contributed by atoms with Crippen LogP contribution in [-0.2, 0) is 11.3 Å². The van der Waals surface area contributed by atoms with Gasteiger partial charge in [0.25, 0.3) is 0 Å². The fourth-order valence-electron chi connectivity index (χ4n) is 1.08. The molecule has 0 fully saturated rings. The van der Waals surface area contributed by atoms with Gasteiger partial charge in [-0.25, -0.2) is 4.68 Å². The molecule has 0 saturated heterocycles. The molecule has 1 aromatic rings. The number of aryl methyl sites for hydroxylation is 1. The van der Waals surface area contributed by atoms with Gasteiger partial charge in [-0.2, -0.15) is 20.6 Å². The van der Waals surface area contributed by atoms with Crippen LogP contribution in [0.25, 0.3) is 0 Å².